The van der Waals surface area contributed by atoms with Gasteiger partial charge in [-0.15, -0.1) is 6.58 Å². The number of aromatic amines is 2. The highest BCUT2D eigenvalue weighted by Gasteiger charge is 2.02. The van der Waals surface area contributed by atoms with Gasteiger partial charge in [0.25, 0.3) is 5.56 Å². The van der Waals surface area contributed by atoms with Crippen LogP contribution in [0.4, 0.5) is 11.5 Å². The molecule has 1 aromatic rings. The fourth-order valence-electron chi connectivity index (χ4n) is 0.810. The molecular weight excluding hydrogens is 172 g/mol. The minimum absolute atomic E-state index is 0.0403. The van der Waals surface area contributed by atoms with Gasteiger partial charge in [0.15, 0.2) is 0 Å². The second-order valence-corrected chi connectivity index (χ2v) is 2.37. The van der Waals surface area contributed by atoms with Gasteiger partial charge in [-0.25, -0.2) is 4.79 Å². The normalized spacial score (nSPS) is 9.54. The van der Waals surface area contributed by atoms with Crippen LogP contribution in [-0.4, -0.2) is 16.5 Å². The van der Waals surface area contributed by atoms with Crippen LogP contribution in [0, 0.1) is 0 Å². The minimum Gasteiger partial charge on any atom is -0.391 e. The van der Waals surface area contributed by atoms with Gasteiger partial charge in [-0.3, -0.25) is 14.8 Å². The monoisotopic (exact) mass is 182 g/mol. The predicted octanol–water partition coefficient (Wildman–Crippen LogP) is -0.757. The lowest BCUT2D eigenvalue weighted by molar-refractivity contribution is 1.03. The number of hydrogen-bond donors (Lipinski definition) is 4. The van der Waals surface area contributed by atoms with Crippen molar-refractivity contribution >= 4 is 11.5 Å². The maximum Gasteiger partial charge on any atom is 0.327 e. The molecule has 0 aliphatic heterocycles. The molecule has 70 valence electrons. The number of H-pyrrole nitrogens is 2. The molecule has 0 aliphatic rings. The van der Waals surface area contributed by atoms with E-state index < -0.39 is 11.2 Å². The van der Waals surface area contributed by atoms with Crippen molar-refractivity contribution in [1.29, 1.82) is 0 Å². The van der Waals surface area contributed by atoms with E-state index >= 15 is 0 Å². The topological polar surface area (TPSA) is 104 Å². The Kier molecular flexibility index (Phi) is 2.53. The van der Waals surface area contributed by atoms with E-state index in [9.17, 15) is 9.59 Å². The van der Waals surface area contributed by atoms with Crippen molar-refractivity contribution in [2.45, 2.75) is 0 Å². The molecular formula is C7H10N4O2. The summed E-state index contributed by atoms with van der Waals surface area (Å²) in [5, 5.41) is 2.73. The maximum atomic E-state index is 11.0. The zero-order chi connectivity index (χ0) is 9.84. The molecule has 0 aliphatic carbocycles. The Labute approximate surface area is 73.5 Å². The number of aromatic nitrogens is 2. The summed E-state index contributed by atoms with van der Waals surface area (Å²) < 4.78 is 0. The van der Waals surface area contributed by atoms with Crippen LogP contribution in [0.15, 0.2) is 22.2 Å². The summed E-state index contributed by atoms with van der Waals surface area (Å²) in [6.07, 6.45) is 1.58. The molecule has 1 heterocycles. The highest BCUT2D eigenvalue weighted by Crippen LogP contribution is 2.04. The number of nitrogens with two attached hydrogens (primary N) is 1. The van der Waals surface area contributed by atoms with E-state index in [0.29, 0.717) is 6.54 Å². The molecule has 6 nitrogen and oxygen atoms in total. The van der Waals surface area contributed by atoms with Gasteiger partial charge in [0, 0.05) is 6.54 Å². The third-order valence-corrected chi connectivity index (χ3v) is 1.40. The number of rotatable bonds is 3. The molecule has 0 amide bonds. The van der Waals surface area contributed by atoms with Crippen molar-refractivity contribution in [2.75, 3.05) is 17.6 Å². The summed E-state index contributed by atoms with van der Waals surface area (Å²) >= 11 is 0. The van der Waals surface area contributed by atoms with E-state index in [0.717, 1.165) is 0 Å². The van der Waals surface area contributed by atoms with E-state index in [1.165, 1.54) is 0 Å². The van der Waals surface area contributed by atoms with Gasteiger partial charge in [-0.1, -0.05) is 6.08 Å². The lowest BCUT2D eigenvalue weighted by Crippen LogP contribution is -2.26. The Balaban J connectivity index is 3.13. The first-order chi connectivity index (χ1) is 6.15. The Bertz CT molecular complexity index is 417. The Morgan fingerprint density at radius 3 is 2.77 bits per heavy atom. The van der Waals surface area contributed by atoms with Crippen molar-refractivity contribution in [3.05, 3.63) is 33.5 Å². The average Bonchev–Trinajstić information content (AvgIpc) is 2.09. The summed E-state index contributed by atoms with van der Waals surface area (Å²) in [7, 11) is 0. The molecule has 0 saturated carbocycles. The lowest BCUT2D eigenvalue weighted by atomic mass is 10.4. The van der Waals surface area contributed by atoms with Crippen LogP contribution < -0.4 is 22.3 Å². The van der Waals surface area contributed by atoms with Crippen molar-refractivity contribution in [3.63, 3.8) is 0 Å². The second-order valence-electron chi connectivity index (χ2n) is 2.37. The fraction of sp³-hybridized carbons (Fsp3) is 0.143. The van der Waals surface area contributed by atoms with Crippen LogP contribution in [0.3, 0.4) is 0 Å². The Hall–Kier alpha value is -1.98. The Morgan fingerprint density at radius 1 is 1.46 bits per heavy atom. The number of hydrogen-bond acceptors (Lipinski definition) is 4. The number of nitrogens with one attached hydrogen (secondary N) is 3. The van der Waals surface area contributed by atoms with Gasteiger partial charge in [0.1, 0.15) is 11.5 Å². The smallest absolute Gasteiger partial charge is 0.327 e. The molecule has 1 aromatic heterocycles. The van der Waals surface area contributed by atoms with Crippen molar-refractivity contribution in [1.82, 2.24) is 9.97 Å². The molecule has 6 heteroatoms. The quantitative estimate of drug-likeness (QED) is 0.461. The standard InChI is InChI=1S/C7H10N4O2/c1-2-3-9-5-4(8)6(12)11-7(13)10-5/h2H,1,3,8H2,(H3,9,10,11,12,13). The molecule has 13 heavy (non-hydrogen) atoms. The average molecular weight is 182 g/mol. The maximum absolute atomic E-state index is 11.0. The van der Waals surface area contributed by atoms with Crippen molar-refractivity contribution in [2.24, 2.45) is 0 Å². The third-order valence-electron chi connectivity index (χ3n) is 1.40. The first-order valence-corrected chi connectivity index (χ1v) is 3.62. The molecule has 0 bridgehead atoms. The minimum atomic E-state index is -0.602. The number of anilines is 2. The van der Waals surface area contributed by atoms with E-state index in [-0.39, 0.29) is 11.5 Å². The SMILES string of the molecule is C=CCNc1[nH]c(=O)[nH]c(=O)c1N. The first kappa shape index (κ1) is 9.11. The second kappa shape index (κ2) is 3.61. The van der Waals surface area contributed by atoms with Crippen LogP contribution in [0.5, 0.6) is 0 Å². The van der Waals surface area contributed by atoms with E-state index in [4.69, 9.17) is 5.73 Å². The third kappa shape index (κ3) is 1.98. The molecule has 0 radical (unpaired) electrons. The summed E-state index contributed by atoms with van der Waals surface area (Å²) in [5.74, 6) is 0.216. The zero-order valence-corrected chi connectivity index (χ0v) is 6.89. The molecule has 0 spiro atoms. The van der Waals surface area contributed by atoms with E-state index in [1.807, 2.05) is 4.98 Å². The molecule has 0 atom stereocenters. The van der Waals surface area contributed by atoms with Crippen LogP contribution in [-0.2, 0) is 0 Å². The van der Waals surface area contributed by atoms with Gasteiger partial charge in [-0.05, 0) is 0 Å². The molecule has 1 rings (SSSR count). The van der Waals surface area contributed by atoms with Crippen LogP contribution >= 0.6 is 0 Å². The molecule has 0 saturated heterocycles. The van der Waals surface area contributed by atoms with E-state index in [1.54, 1.807) is 6.08 Å². The summed E-state index contributed by atoms with van der Waals surface area (Å²) in [6.45, 7) is 3.89. The van der Waals surface area contributed by atoms with Gasteiger partial charge in [0.05, 0.1) is 0 Å². The highest BCUT2D eigenvalue weighted by atomic mass is 16.2. The summed E-state index contributed by atoms with van der Waals surface area (Å²) in [5.41, 5.74) is 4.15. The van der Waals surface area contributed by atoms with Gasteiger partial charge in [0.2, 0.25) is 0 Å². The first-order valence-electron chi connectivity index (χ1n) is 3.62. The van der Waals surface area contributed by atoms with Crippen LogP contribution in [0.2, 0.25) is 0 Å². The van der Waals surface area contributed by atoms with Crippen molar-refractivity contribution in [3.8, 4) is 0 Å². The zero-order valence-electron chi connectivity index (χ0n) is 6.89. The predicted molar refractivity (Wildman–Crippen MR) is 50.8 cm³/mol. The molecule has 0 unspecified atom stereocenters. The molecule has 0 aromatic carbocycles. The van der Waals surface area contributed by atoms with Crippen LogP contribution in [0.25, 0.3) is 0 Å². The largest absolute Gasteiger partial charge is 0.391 e. The summed E-state index contributed by atoms with van der Waals surface area (Å²) in [4.78, 5) is 26.1. The Morgan fingerprint density at radius 2 is 2.15 bits per heavy atom. The lowest BCUT2D eigenvalue weighted by Gasteiger charge is -2.04. The fourth-order valence-corrected chi connectivity index (χ4v) is 0.810. The van der Waals surface area contributed by atoms with Gasteiger partial charge < -0.3 is 11.1 Å². The van der Waals surface area contributed by atoms with Gasteiger partial charge >= 0.3 is 5.69 Å². The van der Waals surface area contributed by atoms with Crippen LogP contribution in [0.1, 0.15) is 0 Å². The van der Waals surface area contributed by atoms with Crippen molar-refractivity contribution < 1.29 is 0 Å². The highest BCUT2D eigenvalue weighted by molar-refractivity contribution is 5.58. The number of nitrogen functional groups attached to an aromatic ring is 1. The molecule has 0 fully saturated rings. The van der Waals surface area contributed by atoms with Gasteiger partial charge in [-0.2, -0.15) is 0 Å². The van der Waals surface area contributed by atoms with E-state index in [2.05, 4.69) is 16.9 Å². The summed E-state index contributed by atoms with van der Waals surface area (Å²) in [6, 6.07) is 0. The molecule has 5 N–H and O–H groups in total.